The first-order valence-electron chi connectivity index (χ1n) is 8.93. The third-order valence-electron chi connectivity index (χ3n) is 5.69. The summed E-state index contributed by atoms with van der Waals surface area (Å²) in [4.78, 5) is 2.35. The van der Waals surface area contributed by atoms with Gasteiger partial charge in [0.1, 0.15) is 0 Å². The molecule has 0 aliphatic carbocycles. The van der Waals surface area contributed by atoms with E-state index in [0.29, 0.717) is 12.0 Å². The Kier molecular flexibility index (Phi) is 7.44. The lowest BCUT2D eigenvalue weighted by atomic mass is 9.59. The van der Waals surface area contributed by atoms with E-state index >= 15 is 0 Å². The number of hydrogen-bond donors (Lipinski definition) is 0. The minimum atomic E-state index is 0.170. The van der Waals surface area contributed by atoms with Crippen LogP contribution in [-0.2, 0) is 0 Å². The summed E-state index contributed by atoms with van der Waals surface area (Å²) >= 11 is 0. The number of nitrogens with zero attached hydrogens (tertiary/aromatic N) is 1. The van der Waals surface area contributed by atoms with Crippen molar-refractivity contribution < 1.29 is 0 Å². The molecule has 0 amide bonds. The molecule has 0 aliphatic rings. The number of rotatable bonds is 8. The number of allylic oxidation sites excluding steroid dienone is 1. The van der Waals surface area contributed by atoms with Crippen LogP contribution in [0.4, 0.5) is 0 Å². The van der Waals surface area contributed by atoms with Crippen LogP contribution in [0.5, 0.6) is 0 Å². The minimum absolute atomic E-state index is 0.170. The van der Waals surface area contributed by atoms with Crippen molar-refractivity contribution in [2.75, 3.05) is 6.54 Å². The molecule has 0 saturated heterocycles. The van der Waals surface area contributed by atoms with Gasteiger partial charge in [0.05, 0.1) is 0 Å². The fourth-order valence-electron chi connectivity index (χ4n) is 3.17. The molecule has 1 nitrogen and oxygen atoms in total. The Hall–Kier alpha value is -0.940. The van der Waals surface area contributed by atoms with Gasteiger partial charge in [-0.1, -0.05) is 67.2 Å². The van der Waals surface area contributed by atoms with Crippen LogP contribution in [0.15, 0.2) is 30.7 Å². The van der Waals surface area contributed by atoms with Gasteiger partial charge in [0.25, 0.3) is 0 Å². The van der Waals surface area contributed by atoms with E-state index in [-0.39, 0.29) is 16.2 Å². The van der Waals surface area contributed by atoms with Crippen LogP contribution in [0, 0.1) is 22.2 Å². The predicted octanol–water partition coefficient (Wildman–Crippen LogP) is 6.68. The average Bonchev–Trinajstić information content (AvgIpc) is 2.33. The zero-order valence-corrected chi connectivity index (χ0v) is 17.5. The van der Waals surface area contributed by atoms with Crippen LogP contribution in [-0.4, -0.2) is 17.5 Å². The molecular weight excluding hydrogens is 278 g/mol. The van der Waals surface area contributed by atoms with Gasteiger partial charge in [-0.25, -0.2) is 0 Å². The Labute approximate surface area is 146 Å². The molecule has 0 aromatic carbocycles. The smallest absolute Gasteiger partial charge is 0.0420 e. The van der Waals surface area contributed by atoms with Gasteiger partial charge < -0.3 is 4.90 Å². The zero-order chi connectivity index (χ0) is 18.6. The third kappa shape index (κ3) is 6.22. The maximum atomic E-state index is 4.27. The second kappa shape index (κ2) is 7.75. The second-order valence-electron chi connectivity index (χ2n) is 9.84. The molecule has 134 valence electrons. The lowest BCUT2D eigenvalue weighted by Crippen LogP contribution is -2.45. The SMILES string of the molecule is C=C=CN(CC(C)(C)C(C)(C)CC(C(=C)C)C(C)(C)C)C(C)C. The highest BCUT2D eigenvalue weighted by Crippen LogP contribution is 2.48. The van der Waals surface area contributed by atoms with E-state index in [1.54, 1.807) is 0 Å². The highest BCUT2D eigenvalue weighted by molar-refractivity contribution is 5.05. The zero-order valence-electron chi connectivity index (χ0n) is 17.5. The molecule has 0 heterocycles. The molecule has 0 spiro atoms. The molecule has 1 heteroatoms. The molecule has 1 unspecified atom stereocenters. The van der Waals surface area contributed by atoms with Gasteiger partial charge in [-0.2, -0.15) is 0 Å². The minimum Gasteiger partial charge on any atom is -0.368 e. The lowest BCUT2D eigenvalue weighted by Gasteiger charge is -2.48. The average molecular weight is 320 g/mol. The fraction of sp³-hybridized carbons (Fsp3) is 0.773. The van der Waals surface area contributed by atoms with Crippen molar-refractivity contribution in [1.82, 2.24) is 4.90 Å². The molecule has 23 heavy (non-hydrogen) atoms. The predicted molar refractivity (Wildman–Crippen MR) is 105 cm³/mol. The molecule has 0 aromatic rings. The molecule has 0 radical (unpaired) electrons. The summed E-state index contributed by atoms with van der Waals surface area (Å²) in [5, 5.41) is 0. The lowest BCUT2D eigenvalue weighted by molar-refractivity contribution is 0.0307. The van der Waals surface area contributed by atoms with Gasteiger partial charge in [0, 0.05) is 18.8 Å². The van der Waals surface area contributed by atoms with Crippen LogP contribution in [0.2, 0.25) is 0 Å². The van der Waals surface area contributed by atoms with E-state index in [2.05, 4.69) is 93.0 Å². The van der Waals surface area contributed by atoms with Crippen LogP contribution < -0.4 is 0 Å². The van der Waals surface area contributed by atoms with E-state index in [1.165, 1.54) is 5.57 Å². The summed E-state index contributed by atoms with van der Waals surface area (Å²) in [6, 6.07) is 0.457. The summed E-state index contributed by atoms with van der Waals surface area (Å²) in [6.45, 7) is 32.2. The summed E-state index contributed by atoms with van der Waals surface area (Å²) in [6.07, 6.45) is 3.16. The standard InChI is InChI=1S/C22H41N/c1-13-14-23(18(4)5)16-22(11,12)21(9,10)15-19(17(2)3)20(6,7)8/h14,18-19H,1-2,15-16H2,3-12H3. The monoisotopic (exact) mass is 319 g/mol. The third-order valence-corrected chi connectivity index (χ3v) is 5.69. The first kappa shape index (κ1) is 22.1. The Morgan fingerprint density at radius 2 is 1.52 bits per heavy atom. The molecule has 0 aliphatic heterocycles. The van der Waals surface area contributed by atoms with Gasteiger partial charge in [-0.15, -0.1) is 5.73 Å². The molecule has 1 atom stereocenters. The van der Waals surface area contributed by atoms with Crippen molar-refractivity contribution >= 4 is 0 Å². The van der Waals surface area contributed by atoms with Gasteiger partial charge in [-0.05, 0) is 49.4 Å². The fourth-order valence-corrected chi connectivity index (χ4v) is 3.17. The summed E-state index contributed by atoms with van der Waals surface area (Å²) < 4.78 is 0. The van der Waals surface area contributed by atoms with Crippen LogP contribution in [0.3, 0.4) is 0 Å². The van der Waals surface area contributed by atoms with Crippen molar-refractivity contribution in [1.29, 1.82) is 0 Å². The molecule has 0 rings (SSSR count). The Morgan fingerprint density at radius 3 is 1.83 bits per heavy atom. The maximum Gasteiger partial charge on any atom is 0.0420 e. The second-order valence-corrected chi connectivity index (χ2v) is 9.84. The maximum absolute atomic E-state index is 4.27. The topological polar surface area (TPSA) is 3.24 Å². The van der Waals surface area contributed by atoms with Crippen molar-refractivity contribution in [3.8, 4) is 0 Å². The van der Waals surface area contributed by atoms with Crippen molar-refractivity contribution in [3.63, 3.8) is 0 Å². The summed E-state index contributed by atoms with van der Waals surface area (Å²) in [5.74, 6) is 0.527. The van der Waals surface area contributed by atoms with Crippen LogP contribution >= 0.6 is 0 Å². The largest absolute Gasteiger partial charge is 0.368 e. The highest BCUT2D eigenvalue weighted by Gasteiger charge is 2.42. The summed E-state index contributed by atoms with van der Waals surface area (Å²) in [5.41, 5.74) is 4.86. The molecule has 0 fully saturated rings. The molecule has 0 N–H and O–H groups in total. The first-order chi connectivity index (χ1) is 10.2. The van der Waals surface area contributed by atoms with E-state index in [0.717, 1.165) is 13.0 Å². The van der Waals surface area contributed by atoms with Crippen molar-refractivity contribution in [2.45, 2.75) is 81.7 Å². The quantitative estimate of drug-likeness (QED) is 0.356. The van der Waals surface area contributed by atoms with E-state index in [1.807, 2.05) is 6.20 Å². The van der Waals surface area contributed by atoms with E-state index < -0.39 is 0 Å². The van der Waals surface area contributed by atoms with E-state index in [9.17, 15) is 0 Å². The number of hydrogen-bond acceptors (Lipinski definition) is 1. The molecular formula is C22H41N. The molecule has 0 saturated carbocycles. The van der Waals surface area contributed by atoms with Crippen LogP contribution in [0.1, 0.15) is 75.7 Å². The van der Waals surface area contributed by atoms with E-state index in [4.69, 9.17) is 0 Å². The van der Waals surface area contributed by atoms with Gasteiger partial charge in [0.2, 0.25) is 0 Å². The summed E-state index contributed by atoms with van der Waals surface area (Å²) in [7, 11) is 0. The van der Waals surface area contributed by atoms with Crippen molar-refractivity contribution in [2.24, 2.45) is 22.2 Å². The normalized spacial score (nSPS) is 14.4. The van der Waals surface area contributed by atoms with Crippen LogP contribution in [0.25, 0.3) is 0 Å². The van der Waals surface area contributed by atoms with Crippen molar-refractivity contribution in [3.05, 3.63) is 30.7 Å². The Morgan fingerprint density at radius 1 is 1.04 bits per heavy atom. The van der Waals surface area contributed by atoms with Gasteiger partial charge in [-0.3, -0.25) is 0 Å². The first-order valence-corrected chi connectivity index (χ1v) is 8.93. The Balaban J connectivity index is 5.43. The molecule has 0 bridgehead atoms. The van der Waals surface area contributed by atoms with Gasteiger partial charge >= 0.3 is 0 Å². The van der Waals surface area contributed by atoms with Gasteiger partial charge in [0.15, 0.2) is 0 Å². The Bertz CT molecular complexity index is 439. The molecule has 0 aromatic heterocycles. The highest BCUT2D eigenvalue weighted by atomic mass is 15.1.